The Labute approximate surface area is 60.7 Å². The Kier molecular flexibility index (Phi) is 16.0. The second kappa shape index (κ2) is 9.43. The second-order valence-electron chi connectivity index (χ2n) is 0.329. The summed E-state index contributed by atoms with van der Waals surface area (Å²) in [5.74, 6) is 0. The van der Waals surface area contributed by atoms with Gasteiger partial charge in [0.05, 0.1) is 0 Å². The molecule has 0 aromatic rings. The van der Waals surface area contributed by atoms with Crippen molar-refractivity contribution in [3.8, 4) is 0 Å². The first-order valence-corrected chi connectivity index (χ1v) is 2.83. The van der Waals surface area contributed by atoms with Gasteiger partial charge in [-0.1, -0.05) is 0 Å². The molecule has 0 fully saturated rings. The van der Waals surface area contributed by atoms with Crippen molar-refractivity contribution >= 4 is 31.0 Å². The average molecular weight is 203 g/mol. The summed E-state index contributed by atoms with van der Waals surface area (Å²) < 4.78 is 22.3. The quantitative estimate of drug-likeness (QED) is 0.536. The van der Waals surface area contributed by atoms with Crippen LogP contribution in [0.5, 0.6) is 0 Å². The molecule has 0 aromatic heterocycles. The van der Waals surface area contributed by atoms with Crippen LogP contribution in [0.15, 0.2) is 0 Å². The van der Waals surface area contributed by atoms with Gasteiger partial charge in [-0.25, -0.2) is 0 Å². The first kappa shape index (κ1) is 10.1. The minimum Gasteiger partial charge on any atom is 0 e. The molecule has 0 saturated carbocycles. The maximum atomic E-state index is 9.21. The van der Waals surface area contributed by atoms with Gasteiger partial charge in [0.2, 0.25) is 0 Å². The summed E-state index contributed by atoms with van der Waals surface area (Å²) in [6.45, 7) is 0. The van der Waals surface area contributed by atoms with Crippen LogP contribution < -0.4 is 0 Å². The summed E-state index contributed by atoms with van der Waals surface area (Å²) >= 11 is -2.48. The zero-order valence-corrected chi connectivity index (χ0v) is 6.78. The first-order valence-electron chi connectivity index (χ1n) is 0.943. The van der Waals surface area contributed by atoms with Crippen LogP contribution in [0.3, 0.4) is 0 Å². The molecule has 32 valence electrons. The normalized spacial score (nSPS) is 3.33. The van der Waals surface area contributed by atoms with Crippen LogP contribution in [0.1, 0.15) is 0 Å². The van der Waals surface area contributed by atoms with E-state index >= 15 is 0 Å². The molecule has 0 saturated heterocycles. The summed E-state index contributed by atoms with van der Waals surface area (Å²) in [6.07, 6.45) is 0. The molecule has 6 heteroatoms. The van der Waals surface area contributed by atoms with E-state index in [0.717, 1.165) is 0 Å². The van der Waals surface area contributed by atoms with Gasteiger partial charge in [0, 0.05) is 19.5 Å². The monoisotopic (exact) mass is 204 g/mol. The summed E-state index contributed by atoms with van der Waals surface area (Å²) in [7, 11) is 0. The van der Waals surface area contributed by atoms with Gasteiger partial charge in [-0.3, -0.25) is 0 Å². The smallest absolute Gasteiger partial charge is 0 e. The van der Waals surface area contributed by atoms with E-state index < -0.39 is 31.0 Å². The minimum absolute atomic E-state index is 0. The zero-order chi connectivity index (χ0) is 4.12. The van der Waals surface area contributed by atoms with Crippen molar-refractivity contribution in [1.29, 1.82) is 0 Å². The average Bonchev–Trinajstić information content (AvgIpc) is 1.41. The summed E-state index contributed by atoms with van der Waals surface area (Å²) in [5, 5.41) is 0. The predicted octanol–water partition coefficient (Wildman–Crippen LogP) is -1.07. The Balaban J connectivity index is 0. The van der Waals surface area contributed by atoms with Crippen molar-refractivity contribution in [3.63, 3.8) is 0 Å². The fourth-order valence-electron chi connectivity index (χ4n) is 0.0227. The Bertz CT molecular complexity index is 38.1. The van der Waals surface area contributed by atoms with E-state index in [1.807, 2.05) is 0 Å². The third-order valence-electron chi connectivity index (χ3n) is 0.111. The van der Waals surface area contributed by atoms with E-state index in [1.54, 1.807) is 0 Å². The zero-order valence-electron chi connectivity index (χ0n) is 2.73. The van der Waals surface area contributed by atoms with Gasteiger partial charge in [-0.2, -0.15) is 0 Å². The molecule has 0 bridgehead atoms. The molecule has 0 amide bonds. The SMILES string of the molecule is [O]=[Al][O][Al]=[O].[Ru]. The molecular formula is Al2O3Ru. The van der Waals surface area contributed by atoms with Gasteiger partial charge in [-0.05, 0) is 0 Å². The van der Waals surface area contributed by atoms with Crippen LogP contribution >= 0.6 is 0 Å². The molecule has 0 aliphatic carbocycles. The van der Waals surface area contributed by atoms with Crippen molar-refractivity contribution < 1.29 is 29.9 Å². The maximum Gasteiger partial charge on any atom is 0 e. The van der Waals surface area contributed by atoms with Crippen LogP contribution in [0.25, 0.3) is 0 Å². The molecule has 0 heterocycles. The van der Waals surface area contributed by atoms with Gasteiger partial charge >= 0.3 is 41.4 Å². The first-order chi connectivity index (χ1) is 2.41. The summed E-state index contributed by atoms with van der Waals surface area (Å²) in [5.41, 5.74) is 0. The number of hydrogen-bond donors (Lipinski definition) is 0. The van der Waals surface area contributed by atoms with Gasteiger partial charge in [0.25, 0.3) is 0 Å². The van der Waals surface area contributed by atoms with E-state index in [4.69, 9.17) is 0 Å². The largest absolute Gasteiger partial charge is 0 e. The maximum absolute atomic E-state index is 9.21. The molecule has 0 aliphatic heterocycles. The molecule has 0 atom stereocenters. The number of hydrogen-bond acceptors (Lipinski definition) is 3. The van der Waals surface area contributed by atoms with Gasteiger partial charge in [0.1, 0.15) is 0 Å². The Morgan fingerprint density at radius 1 is 1.17 bits per heavy atom. The molecule has 3 nitrogen and oxygen atoms in total. The molecule has 0 aliphatic rings. The molecule has 0 unspecified atom stereocenters. The molecule has 0 radical (unpaired) electrons. The van der Waals surface area contributed by atoms with E-state index in [0.29, 0.717) is 0 Å². The topological polar surface area (TPSA) is 43.4 Å². The van der Waals surface area contributed by atoms with Gasteiger partial charge in [-0.15, -0.1) is 0 Å². The van der Waals surface area contributed by atoms with Crippen molar-refractivity contribution in [2.45, 2.75) is 0 Å². The van der Waals surface area contributed by atoms with Crippen LogP contribution in [-0.2, 0) is 29.9 Å². The van der Waals surface area contributed by atoms with E-state index in [-0.39, 0.29) is 19.5 Å². The van der Waals surface area contributed by atoms with Crippen LogP contribution in [-0.4, -0.2) is 31.0 Å². The van der Waals surface area contributed by atoms with E-state index in [2.05, 4.69) is 2.84 Å². The fourth-order valence-corrected chi connectivity index (χ4v) is 0.204. The predicted molar refractivity (Wildman–Crippen MR) is 14.0 cm³/mol. The number of rotatable bonds is 2. The second-order valence-corrected chi connectivity index (χ2v) is 1.80. The van der Waals surface area contributed by atoms with Crippen LogP contribution in [0, 0.1) is 0 Å². The molecule has 0 N–H and O–H groups in total. The van der Waals surface area contributed by atoms with E-state index in [9.17, 15) is 7.61 Å². The van der Waals surface area contributed by atoms with E-state index in [1.165, 1.54) is 0 Å². The third-order valence-corrected chi connectivity index (χ3v) is 1.00. The Morgan fingerprint density at radius 2 is 1.50 bits per heavy atom. The van der Waals surface area contributed by atoms with Gasteiger partial charge < -0.3 is 0 Å². The third kappa shape index (κ3) is 8.92. The van der Waals surface area contributed by atoms with Crippen molar-refractivity contribution in [2.24, 2.45) is 0 Å². The fraction of sp³-hybridized carbons (Fsp3) is 0. The Morgan fingerprint density at radius 3 is 1.50 bits per heavy atom. The molecule has 0 rings (SSSR count). The molecule has 0 aromatic carbocycles. The summed E-state index contributed by atoms with van der Waals surface area (Å²) in [4.78, 5) is 0. The van der Waals surface area contributed by atoms with Crippen molar-refractivity contribution in [1.82, 2.24) is 0 Å². The molecule has 6 heavy (non-hydrogen) atoms. The van der Waals surface area contributed by atoms with Crippen LogP contribution in [0.2, 0.25) is 0 Å². The van der Waals surface area contributed by atoms with Crippen molar-refractivity contribution in [3.05, 3.63) is 0 Å². The Hall–Kier alpha value is 1.09. The van der Waals surface area contributed by atoms with Crippen LogP contribution in [0.4, 0.5) is 0 Å². The van der Waals surface area contributed by atoms with Crippen molar-refractivity contribution in [2.75, 3.05) is 0 Å². The standard InChI is InChI=1S/2Al.3O.Ru. The molecule has 0 spiro atoms. The van der Waals surface area contributed by atoms with Gasteiger partial charge in [0.15, 0.2) is 0 Å². The minimum atomic E-state index is -1.24. The summed E-state index contributed by atoms with van der Waals surface area (Å²) in [6, 6.07) is 0. The molecular weight excluding hydrogens is 203 g/mol.